The number of Topliss-reactive ketones (excluding diaryl/α,β-unsaturated/α-hetero) is 1. The Kier molecular flexibility index (Phi) is 5.64. The third-order valence-electron chi connectivity index (χ3n) is 3.01. The lowest BCUT2D eigenvalue weighted by molar-refractivity contribution is 0.102. The minimum Gasteiger partial charge on any atom is -0.492 e. The van der Waals surface area contributed by atoms with Gasteiger partial charge in [0.2, 0.25) is 5.16 Å². The summed E-state index contributed by atoms with van der Waals surface area (Å²) in [5, 5.41) is 12.3. The molecule has 6 nitrogen and oxygen atoms in total. The molecule has 2 heterocycles. The molecule has 0 unspecified atom stereocenters. The largest absolute Gasteiger partial charge is 0.492 e. The van der Waals surface area contributed by atoms with Gasteiger partial charge in [0, 0.05) is 0 Å². The molecule has 2 aromatic heterocycles. The van der Waals surface area contributed by atoms with Crippen LogP contribution in [0.5, 0.6) is 5.75 Å². The number of carbonyl (C=O) groups is 1. The molecule has 0 aliphatic carbocycles. The van der Waals surface area contributed by atoms with Gasteiger partial charge >= 0.3 is 0 Å². The van der Waals surface area contributed by atoms with Crippen molar-refractivity contribution in [3.05, 3.63) is 45.1 Å². The summed E-state index contributed by atoms with van der Waals surface area (Å²) in [6.07, 6.45) is 0. The zero-order valence-corrected chi connectivity index (χ0v) is 15.9. The number of ether oxygens (including phenoxy) is 1. The Hall–Kier alpha value is -1.71. The van der Waals surface area contributed by atoms with Crippen LogP contribution in [-0.2, 0) is 0 Å². The van der Waals surface area contributed by atoms with E-state index in [-0.39, 0.29) is 11.5 Å². The first-order valence-corrected chi connectivity index (χ1v) is 9.70. The Morgan fingerprint density at radius 3 is 2.92 bits per heavy atom. The van der Waals surface area contributed by atoms with E-state index in [1.165, 1.54) is 23.1 Å². The number of halogens is 1. The first-order valence-electron chi connectivity index (χ1n) is 7.11. The fraction of sp³-hybridized carbons (Fsp3) is 0.200. The number of benzene rings is 1. The van der Waals surface area contributed by atoms with Crippen LogP contribution < -0.4 is 4.74 Å². The Bertz CT molecular complexity index is 849. The SMILES string of the molecule is CCOc1ccccc1-n1nnnc1SCC(=O)c1ccc(Br)s1. The smallest absolute Gasteiger partial charge is 0.214 e. The van der Waals surface area contributed by atoms with Crippen LogP contribution in [0.1, 0.15) is 16.6 Å². The highest BCUT2D eigenvalue weighted by molar-refractivity contribution is 9.11. The van der Waals surface area contributed by atoms with Crippen molar-refractivity contribution in [3.63, 3.8) is 0 Å². The number of carbonyl (C=O) groups excluding carboxylic acids is 1. The summed E-state index contributed by atoms with van der Waals surface area (Å²) in [6, 6.07) is 11.2. The van der Waals surface area contributed by atoms with E-state index in [0.717, 1.165) is 9.47 Å². The molecular weight excluding hydrogens is 412 g/mol. The number of tetrazole rings is 1. The molecular formula is C15H13BrN4O2S2. The molecule has 0 radical (unpaired) electrons. The topological polar surface area (TPSA) is 69.9 Å². The van der Waals surface area contributed by atoms with Gasteiger partial charge in [0.1, 0.15) is 11.4 Å². The van der Waals surface area contributed by atoms with Crippen molar-refractivity contribution in [3.8, 4) is 11.4 Å². The van der Waals surface area contributed by atoms with E-state index in [0.29, 0.717) is 22.4 Å². The molecule has 9 heteroatoms. The predicted octanol–water partition coefficient (Wildman–Crippen LogP) is 3.86. The second-order valence-corrected chi connectivity index (χ2v) is 8.00. The zero-order valence-electron chi connectivity index (χ0n) is 12.7. The fourth-order valence-electron chi connectivity index (χ4n) is 2.00. The van der Waals surface area contributed by atoms with Crippen LogP contribution in [-0.4, -0.2) is 38.4 Å². The fourth-order valence-corrected chi connectivity index (χ4v) is 4.18. The molecule has 0 atom stereocenters. The maximum atomic E-state index is 12.2. The third kappa shape index (κ3) is 3.85. The van der Waals surface area contributed by atoms with Crippen molar-refractivity contribution in [2.75, 3.05) is 12.4 Å². The van der Waals surface area contributed by atoms with E-state index in [2.05, 4.69) is 31.5 Å². The van der Waals surface area contributed by atoms with Gasteiger partial charge in [-0.1, -0.05) is 23.9 Å². The number of hydrogen-bond acceptors (Lipinski definition) is 7. The number of hydrogen-bond donors (Lipinski definition) is 0. The molecule has 124 valence electrons. The minimum absolute atomic E-state index is 0.0448. The van der Waals surface area contributed by atoms with Crippen molar-refractivity contribution in [2.45, 2.75) is 12.1 Å². The van der Waals surface area contributed by atoms with Gasteiger partial charge in [-0.25, -0.2) is 0 Å². The average Bonchev–Trinajstić information content (AvgIpc) is 3.22. The number of ketones is 1. The van der Waals surface area contributed by atoms with Crippen LogP contribution in [0.15, 0.2) is 45.3 Å². The van der Waals surface area contributed by atoms with Crippen LogP contribution in [0.3, 0.4) is 0 Å². The van der Waals surface area contributed by atoms with E-state index in [1.807, 2.05) is 43.3 Å². The van der Waals surface area contributed by atoms with Crippen molar-refractivity contribution >= 4 is 44.8 Å². The molecule has 0 spiro atoms. The second-order valence-electron chi connectivity index (χ2n) is 4.59. The molecule has 0 amide bonds. The lowest BCUT2D eigenvalue weighted by atomic mass is 10.3. The Morgan fingerprint density at radius 2 is 2.17 bits per heavy atom. The van der Waals surface area contributed by atoms with Crippen LogP contribution in [0, 0.1) is 0 Å². The van der Waals surface area contributed by atoms with E-state index in [9.17, 15) is 4.79 Å². The Morgan fingerprint density at radius 1 is 1.33 bits per heavy atom. The highest BCUT2D eigenvalue weighted by Gasteiger charge is 2.16. The van der Waals surface area contributed by atoms with Gasteiger partial charge in [0.05, 0.1) is 21.0 Å². The number of thiophene rings is 1. The molecule has 3 aromatic rings. The first-order chi connectivity index (χ1) is 11.7. The minimum atomic E-state index is 0.0448. The summed E-state index contributed by atoms with van der Waals surface area (Å²) in [7, 11) is 0. The van der Waals surface area contributed by atoms with Gasteiger partial charge in [-0.3, -0.25) is 4.79 Å². The molecule has 0 saturated heterocycles. The van der Waals surface area contributed by atoms with Gasteiger partial charge < -0.3 is 4.74 Å². The standard InChI is InChI=1S/C15H13BrN4O2S2/c1-2-22-12-6-4-3-5-10(12)20-15(17-18-19-20)23-9-11(21)13-7-8-14(16)24-13/h3-8H,2,9H2,1H3. The molecule has 3 rings (SSSR count). The van der Waals surface area contributed by atoms with Crippen molar-refractivity contribution in [2.24, 2.45) is 0 Å². The van der Waals surface area contributed by atoms with Crippen molar-refractivity contribution in [1.82, 2.24) is 20.2 Å². The lowest BCUT2D eigenvalue weighted by Gasteiger charge is -2.10. The average molecular weight is 425 g/mol. The van der Waals surface area contributed by atoms with Gasteiger partial charge in [-0.15, -0.1) is 16.4 Å². The molecule has 0 aliphatic heterocycles. The third-order valence-corrected chi connectivity index (χ3v) is 5.60. The number of thioether (sulfide) groups is 1. The maximum Gasteiger partial charge on any atom is 0.214 e. The highest BCUT2D eigenvalue weighted by Crippen LogP contribution is 2.27. The molecule has 0 N–H and O–H groups in total. The van der Waals surface area contributed by atoms with Crippen molar-refractivity contribution < 1.29 is 9.53 Å². The molecule has 0 fully saturated rings. The zero-order chi connectivity index (χ0) is 16.9. The molecule has 0 bridgehead atoms. The molecule has 0 saturated carbocycles. The van der Waals surface area contributed by atoms with E-state index < -0.39 is 0 Å². The summed E-state index contributed by atoms with van der Waals surface area (Å²) in [5.74, 6) is 1.01. The second kappa shape index (κ2) is 7.91. The summed E-state index contributed by atoms with van der Waals surface area (Å²) in [4.78, 5) is 12.9. The molecule has 1 aromatic carbocycles. The Labute approximate surface area is 155 Å². The van der Waals surface area contributed by atoms with Crippen LogP contribution in [0.25, 0.3) is 5.69 Å². The van der Waals surface area contributed by atoms with Gasteiger partial charge in [0.25, 0.3) is 0 Å². The summed E-state index contributed by atoms with van der Waals surface area (Å²) in [5.41, 5.74) is 0.748. The molecule has 24 heavy (non-hydrogen) atoms. The lowest BCUT2D eigenvalue weighted by Crippen LogP contribution is -2.05. The van der Waals surface area contributed by atoms with Gasteiger partial charge in [0.15, 0.2) is 5.78 Å². The van der Waals surface area contributed by atoms with Crippen LogP contribution in [0.4, 0.5) is 0 Å². The number of rotatable bonds is 7. The van der Waals surface area contributed by atoms with Crippen LogP contribution >= 0.6 is 39.0 Å². The quantitative estimate of drug-likeness (QED) is 0.423. The van der Waals surface area contributed by atoms with Gasteiger partial charge in [-0.2, -0.15) is 4.68 Å². The first kappa shape index (κ1) is 17.1. The maximum absolute atomic E-state index is 12.2. The van der Waals surface area contributed by atoms with E-state index in [4.69, 9.17) is 4.74 Å². The number of para-hydroxylation sites is 2. The summed E-state index contributed by atoms with van der Waals surface area (Å²) < 4.78 is 8.14. The number of aromatic nitrogens is 4. The van der Waals surface area contributed by atoms with Crippen LogP contribution in [0.2, 0.25) is 0 Å². The number of nitrogens with zero attached hydrogens (tertiary/aromatic N) is 4. The summed E-state index contributed by atoms with van der Waals surface area (Å²) in [6.45, 7) is 2.47. The highest BCUT2D eigenvalue weighted by atomic mass is 79.9. The summed E-state index contributed by atoms with van der Waals surface area (Å²) >= 11 is 6.08. The van der Waals surface area contributed by atoms with E-state index >= 15 is 0 Å². The van der Waals surface area contributed by atoms with Crippen molar-refractivity contribution in [1.29, 1.82) is 0 Å². The monoisotopic (exact) mass is 424 g/mol. The van der Waals surface area contributed by atoms with E-state index in [1.54, 1.807) is 4.68 Å². The van der Waals surface area contributed by atoms with Gasteiger partial charge in [-0.05, 0) is 57.5 Å². The predicted molar refractivity (Wildman–Crippen MR) is 97.4 cm³/mol. The Balaban J connectivity index is 1.77. The molecule has 0 aliphatic rings. The normalized spacial score (nSPS) is 10.8.